The zero-order valence-corrected chi connectivity index (χ0v) is 11.5. The van der Waals surface area contributed by atoms with Crippen LogP contribution in [0.5, 0.6) is 0 Å². The fourth-order valence-electron chi connectivity index (χ4n) is 1.56. The van der Waals surface area contributed by atoms with Gasteiger partial charge in [-0.15, -0.1) is 0 Å². The molecule has 3 N–H and O–H groups in total. The molecule has 0 heterocycles. The van der Waals surface area contributed by atoms with Crippen molar-refractivity contribution in [1.82, 2.24) is 0 Å². The Morgan fingerprint density at radius 2 is 1.63 bits per heavy atom. The zero-order chi connectivity index (χ0) is 13.8. The van der Waals surface area contributed by atoms with Gasteiger partial charge >= 0.3 is 0 Å². The number of amides is 2. The monoisotopic (exact) mass is 318 g/mol. The first-order valence-electron chi connectivity index (χ1n) is 5.53. The molecular formula is C14H11BrN2O2. The van der Waals surface area contributed by atoms with Gasteiger partial charge in [0.25, 0.3) is 5.91 Å². The van der Waals surface area contributed by atoms with Crippen LogP contribution in [-0.2, 0) is 0 Å². The minimum Gasteiger partial charge on any atom is -0.366 e. The molecule has 96 valence electrons. The van der Waals surface area contributed by atoms with Crippen LogP contribution in [0.25, 0.3) is 0 Å². The van der Waals surface area contributed by atoms with Crippen LogP contribution in [0.3, 0.4) is 0 Å². The van der Waals surface area contributed by atoms with Gasteiger partial charge in [0.15, 0.2) is 0 Å². The molecule has 0 aliphatic carbocycles. The predicted molar refractivity (Wildman–Crippen MR) is 77.1 cm³/mol. The predicted octanol–water partition coefficient (Wildman–Crippen LogP) is 2.80. The van der Waals surface area contributed by atoms with Crippen molar-refractivity contribution in [3.63, 3.8) is 0 Å². The quantitative estimate of drug-likeness (QED) is 0.913. The second kappa shape index (κ2) is 5.67. The van der Waals surface area contributed by atoms with E-state index < -0.39 is 5.91 Å². The molecule has 0 saturated carbocycles. The molecule has 2 rings (SSSR count). The standard InChI is InChI=1S/C14H11BrN2O2/c15-11-2-1-3-12(8-11)17-14(19)10-6-4-9(5-7-10)13(16)18/h1-8H,(H2,16,18)(H,17,19). The van der Waals surface area contributed by atoms with Crippen molar-refractivity contribution in [2.24, 2.45) is 5.73 Å². The van der Waals surface area contributed by atoms with Gasteiger partial charge in [-0.25, -0.2) is 0 Å². The maximum atomic E-state index is 12.0. The van der Waals surface area contributed by atoms with E-state index in [1.165, 1.54) is 12.1 Å². The Labute approximate surface area is 118 Å². The number of nitrogens with two attached hydrogens (primary N) is 1. The minimum absolute atomic E-state index is 0.242. The molecule has 0 aliphatic heterocycles. The lowest BCUT2D eigenvalue weighted by atomic mass is 10.1. The number of anilines is 1. The summed E-state index contributed by atoms with van der Waals surface area (Å²) in [4.78, 5) is 22.9. The van der Waals surface area contributed by atoms with Gasteiger partial charge in [0, 0.05) is 21.3 Å². The third kappa shape index (κ3) is 3.42. The molecule has 2 aromatic rings. The van der Waals surface area contributed by atoms with Crippen molar-refractivity contribution in [3.8, 4) is 0 Å². The lowest BCUT2D eigenvalue weighted by Gasteiger charge is -2.06. The molecule has 0 aliphatic rings. The van der Waals surface area contributed by atoms with Crippen LogP contribution in [0.1, 0.15) is 20.7 Å². The summed E-state index contributed by atoms with van der Waals surface area (Å²) >= 11 is 3.33. The Hall–Kier alpha value is -2.14. The molecule has 0 saturated heterocycles. The highest BCUT2D eigenvalue weighted by molar-refractivity contribution is 9.10. The molecule has 0 bridgehead atoms. The SMILES string of the molecule is NC(=O)c1ccc(C(=O)Nc2cccc(Br)c2)cc1. The number of halogens is 1. The minimum atomic E-state index is -0.515. The molecule has 4 nitrogen and oxygen atoms in total. The Morgan fingerprint density at radius 1 is 1.00 bits per heavy atom. The summed E-state index contributed by atoms with van der Waals surface area (Å²) in [6, 6.07) is 13.5. The number of hydrogen-bond acceptors (Lipinski definition) is 2. The van der Waals surface area contributed by atoms with E-state index in [0.717, 1.165) is 4.47 Å². The number of primary amides is 1. The summed E-state index contributed by atoms with van der Waals surface area (Å²) in [5.74, 6) is -0.756. The Morgan fingerprint density at radius 3 is 2.21 bits per heavy atom. The van der Waals surface area contributed by atoms with Crippen LogP contribution in [-0.4, -0.2) is 11.8 Å². The van der Waals surface area contributed by atoms with E-state index >= 15 is 0 Å². The van der Waals surface area contributed by atoms with Gasteiger partial charge in [-0.1, -0.05) is 22.0 Å². The molecule has 0 fully saturated rings. The zero-order valence-electron chi connectivity index (χ0n) is 9.89. The molecule has 19 heavy (non-hydrogen) atoms. The van der Waals surface area contributed by atoms with E-state index in [9.17, 15) is 9.59 Å². The molecule has 0 atom stereocenters. The largest absolute Gasteiger partial charge is 0.366 e. The second-order valence-electron chi connectivity index (χ2n) is 3.91. The van der Waals surface area contributed by atoms with Crippen molar-refractivity contribution >= 4 is 33.4 Å². The van der Waals surface area contributed by atoms with Crippen molar-refractivity contribution < 1.29 is 9.59 Å². The summed E-state index contributed by atoms with van der Waals surface area (Å²) in [5.41, 5.74) is 6.67. The van der Waals surface area contributed by atoms with Crippen molar-refractivity contribution in [3.05, 3.63) is 64.1 Å². The summed E-state index contributed by atoms with van der Waals surface area (Å²) < 4.78 is 0.884. The van der Waals surface area contributed by atoms with Gasteiger partial charge in [0.05, 0.1) is 0 Å². The number of carbonyl (C=O) groups excluding carboxylic acids is 2. The van der Waals surface area contributed by atoms with E-state index in [2.05, 4.69) is 21.2 Å². The number of carbonyl (C=O) groups is 2. The first-order valence-corrected chi connectivity index (χ1v) is 6.32. The highest BCUT2D eigenvalue weighted by Crippen LogP contribution is 2.16. The summed E-state index contributed by atoms with van der Waals surface area (Å²) in [7, 11) is 0. The van der Waals surface area contributed by atoms with Crippen LogP contribution in [0.4, 0.5) is 5.69 Å². The average molecular weight is 319 g/mol. The fraction of sp³-hybridized carbons (Fsp3) is 0. The lowest BCUT2D eigenvalue weighted by Crippen LogP contribution is -2.14. The van der Waals surface area contributed by atoms with Gasteiger partial charge in [-0.05, 0) is 42.5 Å². The average Bonchev–Trinajstić information content (AvgIpc) is 2.39. The molecule has 0 unspecified atom stereocenters. The number of nitrogens with one attached hydrogen (secondary N) is 1. The maximum Gasteiger partial charge on any atom is 0.255 e. The molecular weight excluding hydrogens is 308 g/mol. The molecule has 2 amide bonds. The molecule has 0 spiro atoms. The van der Waals surface area contributed by atoms with Crippen LogP contribution < -0.4 is 11.1 Å². The highest BCUT2D eigenvalue weighted by atomic mass is 79.9. The maximum absolute atomic E-state index is 12.0. The number of rotatable bonds is 3. The van der Waals surface area contributed by atoms with Gasteiger partial charge in [-0.2, -0.15) is 0 Å². The van der Waals surface area contributed by atoms with Crippen LogP contribution in [0.2, 0.25) is 0 Å². The topological polar surface area (TPSA) is 72.2 Å². The normalized spacial score (nSPS) is 9.95. The van der Waals surface area contributed by atoms with Gasteiger partial charge in [0.1, 0.15) is 0 Å². The Bertz CT molecular complexity index is 624. The summed E-state index contributed by atoms with van der Waals surface area (Å²) in [6.45, 7) is 0. The van der Waals surface area contributed by atoms with Crippen LogP contribution in [0, 0.1) is 0 Å². The second-order valence-corrected chi connectivity index (χ2v) is 4.82. The number of hydrogen-bond donors (Lipinski definition) is 2. The van der Waals surface area contributed by atoms with E-state index in [0.29, 0.717) is 16.8 Å². The lowest BCUT2D eigenvalue weighted by molar-refractivity contribution is 0.0995. The fourth-order valence-corrected chi connectivity index (χ4v) is 1.95. The molecule has 2 aromatic carbocycles. The van der Waals surface area contributed by atoms with Crippen LogP contribution in [0.15, 0.2) is 53.0 Å². The smallest absolute Gasteiger partial charge is 0.255 e. The summed E-state index contributed by atoms with van der Waals surface area (Å²) in [5, 5.41) is 2.76. The first-order chi connectivity index (χ1) is 9.06. The van der Waals surface area contributed by atoms with Gasteiger partial charge in [-0.3, -0.25) is 9.59 Å². The third-order valence-corrected chi connectivity index (χ3v) is 3.01. The van der Waals surface area contributed by atoms with Gasteiger partial charge in [0.2, 0.25) is 5.91 Å². The summed E-state index contributed by atoms with van der Waals surface area (Å²) in [6.07, 6.45) is 0. The third-order valence-electron chi connectivity index (χ3n) is 2.51. The van der Waals surface area contributed by atoms with E-state index in [4.69, 9.17) is 5.73 Å². The van der Waals surface area contributed by atoms with Crippen molar-refractivity contribution in [2.75, 3.05) is 5.32 Å². The van der Waals surface area contributed by atoms with Gasteiger partial charge < -0.3 is 11.1 Å². The highest BCUT2D eigenvalue weighted by Gasteiger charge is 2.07. The van der Waals surface area contributed by atoms with Crippen molar-refractivity contribution in [1.29, 1.82) is 0 Å². The number of benzene rings is 2. The molecule has 0 aromatic heterocycles. The van der Waals surface area contributed by atoms with E-state index in [-0.39, 0.29) is 5.91 Å². The molecule has 5 heteroatoms. The van der Waals surface area contributed by atoms with Crippen LogP contribution >= 0.6 is 15.9 Å². The Kier molecular flexibility index (Phi) is 3.97. The molecule has 0 radical (unpaired) electrons. The Balaban J connectivity index is 2.14. The van der Waals surface area contributed by atoms with E-state index in [1.54, 1.807) is 24.3 Å². The van der Waals surface area contributed by atoms with Crippen molar-refractivity contribution in [2.45, 2.75) is 0 Å². The van der Waals surface area contributed by atoms with E-state index in [1.807, 2.05) is 12.1 Å². The first kappa shape index (κ1) is 13.3.